The van der Waals surface area contributed by atoms with Gasteiger partial charge in [0.2, 0.25) is 0 Å². The lowest BCUT2D eigenvalue weighted by atomic mass is 10.0. The molecule has 0 saturated carbocycles. The van der Waals surface area contributed by atoms with Gasteiger partial charge in [0.1, 0.15) is 0 Å². The monoisotopic (exact) mass is 378 g/mol. The first kappa shape index (κ1) is 23.0. The molecule has 0 aliphatic heterocycles. The molecule has 1 aromatic rings. The molecule has 0 atom stereocenters. The Morgan fingerprint density at radius 1 is 0.731 bits per heavy atom. The Bertz CT molecular complexity index is 573. The molecule has 0 heterocycles. The molecule has 0 aromatic heterocycles. The van der Waals surface area contributed by atoms with Gasteiger partial charge in [-0.2, -0.15) is 0 Å². The summed E-state index contributed by atoms with van der Waals surface area (Å²) in [5.74, 6) is 0.280. The number of unbranched alkanes of at least 4 members (excludes halogenated alkanes) is 12. The van der Waals surface area contributed by atoms with E-state index in [1.807, 2.05) is 25.1 Å². The largest absolute Gasteiger partial charge is 0.224 e. The second kappa shape index (κ2) is 14.0. The topological polar surface area (TPSA) is 34.1 Å². The fraction of sp³-hybridized carbons (Fsp3) is 0.652. The molecule has 0 aliphatic carbocycles. The van der Waals surface area contributed by atoms with E-state index in [0.717, 1.165) is 31.2 Å². The van der Waals surface area contributed by atoms with Crippen molar-refractivity contribution >= 4 is 9.84 Å². The molecule has 0 unspecified atom stereocenters. The van der Waals surface area contributed by atoms with Gasteiger partial charge in [-0.05, 0) is 38.3 Å². The third-order valence-electron chi connectivity index (χ3n) is 4.95. The molecule has 2 nitrogen and oxygen atoms in total. The molecule has 26 heavy (non-hydrogen) atoms. The van der Waals surface area contributed by atoms with Crippen LogP contribution < -0.4 is 0 Å². The third kappa shape index (κ3) is 10.8. The Hall–Kier alpha value is -1.09. The van der Waals surface area contributed by atoms with Crippen LogP contribution in [0.25, 0.3) is 0 Å². The summed E-state index contributed by atoms with van der Waals surface area (Å²) in [5.41, 5.74) is 1.09. The maximum Gasteiger partial charge on any atom is 0.178 e. The lowest BCUT2D eigenvalue weighted by Crippen LogP contribution is -2.06. The lowest BCUT2D eigenvalue weighted by molar-refractivity contribution is 0.543. The SMILES string of the molecule is C=CCCCCCCCCCCCCCCS(=O)(=O)c1ccc(C)cc1. The van der Waals surface area contributed by atoms with Crippen LogP contribution in [0, 0.1) is 6.92 Å². The molecule has 0 spiro atoms. The van der Waals surface area contributed by atoms with E-state index in [2.05, 4.69) is 6.58 Å². The first-order valence-corrected chi connectivity index (χ1v) is 12.1. The van der Waals surface area contributed by atoms with Gasteiger partial charge in [0, 0.05) is 0 Å². The zero-order valence-corrected chi connectivity index (χ0v) is 17.5. The van der Waals surface area contributed by atoms with Gasteiger partial charge in [0.15, 0.2) is 9.84 Å². The van der Waals surface area contributed by atoms with Crippen molar-refractivity contribution in [3.05, 3.63) is 42.5 Å². The summed E-state index contributed by atoms with van der Waals surface area (Å²) >= 11 is 0. The molecule has 3 heteroatoms. The third-order valence-corrected chi connectivity index (χ3v) is 6.77. The van der Waals surface area contributed by atoms with Crippen LogP contribution in [0.2, 0.25) is 0 Å². The molecule has 0 saturated heterocycles. The molecule has 0 fully saturated rings. The second-order valence-corrected chi connectivity index (χ2v) is 9.56. The van der Waals surface area contributed by atoms with Gasteiger partial charge >= 0.3 is 0 Å². The van der Waals surface area contributed by atoms with E-state index in [1.165, 1.54) is 57.8 Å². The maximum absolute atomic E-state index is 12.3. The van der Waals surface area contributed by atoms with Crippen LogP contribution in [0.1, 0.15) is 89.0 Å². The van der Waals surface area contributed by atoms with Gasteiger partial charge in [-0.1, -0.05) is 88.0 Å². The van der Waals surface area contributed by atoms with Gasteiger partial charge in [-0.3, -0.25) is 0 Å². The van der Waals surface area contributed by atoms with Gasteiger partial charge in [0.25, 0.3) is 0 Å². The van der Waals surface area contributed by atoms with Gasteiger partial charge in [0.05, 0.1) is 10.6 Å². The van der Waals surface area contributed by atoms with E-state index in [-0.39, 0.29) is 5.75 Å². The average Bonchev–Trinajstić information content (AvgIpc) is 2.62. The van der Waals surface area contributed by atoms with Crippen LogP contribution in [0.5, 0.6) is 0 Å². The number of allylic oxidation sites excluding steroid dienone is 1. The summed E-state index contributed by atoms with van der Waals surface area (Å²) < 4.78 is 24.5. The molecule has 0 bridgehead atoms. The molecule has 148 valence electrons. The quantitative estimate of drug-likeness (QED) is 0.229. The van der Waals surface area contributed by atoms with Crippen LogP contribution in [0.4, 0.5) is 0 Å². The van der Waals surface area contributed by atoms with E-state index in [1.54, 1.807) is 12.1 Å². The van der Waals surface area contributed by atoms with Crippen LogP contribution in [-0.2, 0) is 9.84 Å². The molecule has 0 aliphatic rings. The summed E-state index contributed by atoms with van der Waals surface area (Å²) in [7, 11) is -3.10. The minimum Gasteiger partial charge on any atom is -0.224 e. The van der Waals surface area contributed by atoms with Gasteiger partial charge in [-0.15, -0.1) is 6.58 Å². The fourth-order valence-corrected chi connectivity index (χ4v) is 4.58. The number of hydrogen-bond acceptors (Lipinski definition) is 2. The minimum absolute atomic E-state index is 0.280. The highest BCUT2D eigenvalue weighted by molar-refractivity contribution is 7.91. The fourth-order valence-electron chi connectivity index (χ4n) is 3.21. The van der Waals surface area contributed by atoms with Crippen LogP contribution in [0.15, 0.2) is 41.8 Å². The summed E-state index contributed by atoms with van der Waals surface area (Å²) in [6, 6.07) is 7.19. The Morgan fingerprint density at radius 3 is 1.62 bits per heavy atom. The maximum atomic E-state index is 12.3. The zero-order chi connectivity index (χ0) is 19.1. The summed E-state index contributed by atoms with van der Waals surface area (Å²) in [4.78, 5) is 0.465. The Kier molecular flexibility index (Phi) is 12.4. The lowest BCUT2D eigenvalue weighted by Gasteiger charge is -2.05. The van der Waals surface area contributed by atoms with Crippen molar-refractivity contribution in [2.75, 3.05) is 5.75 Å². The van der Waals surface area contributed by atoms with E-state index in [4.69, 9.17) is 0 Å². The smallest absolute Gasteiger partial charge is 0.178 e. The molecule has 1 rings (SSSR count). The van der Waals surface area contributed by atoms with Crippen LogP contribution in [0.3, 0.4) is 0 Å². The minimum atomic E-state index is -3.10. The highest BCUT2D eigenvalue weighted by Crippen LogP contribution is 2.16. The Morgan fingerprint density at radius 2 is 1.15 bits per heavy atom. The van der Waals surface area contributed by atoms with Gasteiger partial charge in [-0.25, -0.2) is 8.42 Å². The van der Waals surface area contributed by atoms with E-state index in [9.17, 15) is 8.42 Å². The Balaban J connectivity index is 1.94. The first-order valence-electron chi connectivity index (χ1n) is 10.5. The van der Waals surface area contributed by atoms with Crippen LogP contribution in [-0.4, -0.2) is 14.2 Å². The second-order valence-electron chi connectivity index (χ2n) is 7.45. The zero-order valence-electron chi connectivity index (χ0n) is 16.7. The number of benzene rings is 1. The van der Waals surface area contributed by atoms with Crippen molar-refractivity contribution in [3.8, 4) is 0 Å². The molecular weight excluding hydrogens is 340 g/mol. The highest BCUT2D eigenvalue weighted by atomic mass is 32.2. The normalized spacial score (nSPS) is 11.6. The predicted octanol–water partition coefficient (Wildman–Crippen LogP) is 7.03. The summed E-state index contributed by atoms with van der Waals surface area (Å²) in [6.07, 6.45) is 18.1. The number of sulfone groups is 1. The molecule has 0 N–H and O–H groups in total. The number of hydrogen-bond donors (Lipinski definition) is 0. The Labute approximate surface area is 162 Å². The summed E-state index contributed by atoms with van der Waals surface area (Å²) in [6.45, 7) is 5.73. The highest BCUT2D eigenvalue weighted by Gasteiger charge is 2.13. The van der Waals surface area contributed by atoms with E-state index in [0.29, 0.717) is 4.90 Å². The standard InChI is InChI=1S/C23H38O2S/c1-3-4-5-6-7-8-9-10-11-12-13-14-15-16-21-26(24,25)23-19-17-22(2)18-20-23/h3,17-20H,1,4-16,21H2,2H3. The average molecular weight is 379 g/mol. The van der Waals surface area contributed by atoms with Crippen molar-refractivity contribution in [1.82, 2.24) is 0 Å². The predicted molar refractivity (Wildman–Crippen MR) is 113 cm³/mol. The molecular formula is C23H38O2S. The van der Waals surface area contributed by atoms with Crippen molar-refractivity contribution in [1.29, 1.82) is 0 Å². The molecule has 0 amide bonds. The van der Waals surface area contributed by atoms with Crippen LogP contribution >= 0.6 is 0 Å². The molecule has 1 aromatic carbocycles. The number of rotatable bonds is 16. The van der Waals surface area contributed by atoms with E-state index >= 15 is 0 Å². The van der Waals surface area contributed by atoms with Crippen molar-refractivity contribution < 1.29 is 8.42 Å². The van der Waals surface area contributed by atoms with Gasteiger partial charge < -0.3 is 0 Å². The number of aryl methyl sites for hydroxylation is 1. The van der Waals surface area contributed by atoms with Crippen molar-refractivity contribution in [2.45, 2.75) is 95.3 Å². The summed E-state index contributed by atoms with van der Waals surface area (Å²) in [5, 5.41) is 0. The molecule has 0 radical (unpaired) electrons. The van der Waals surface area contributed by atoms with Crippen molar-refractivity contribution in [3.63, 3.8) is 0 Å². The van der Waals surface area contributed by atoms with E-state index < -0.39 is 9.84 Å². The van der Waals surface area contributed by atoms with Crippen molar-refractivity contribution in [2.24, 2.45) is 0 Å². The first-order chi connectivity index (χ1) is 12.6.